The maximum Gasteiger partial charge on any atom is 0.221 e. The highest BCUT2D eigenvalue weighted by atomic mass is 32.2. The molecule has 0 radical (unpaired) electrons. The molecule has 2 saturated heterocycles. The molecule has 2 aliphatic rings. The number of nitrogens with one attached hydrogen (secondary N) is 1. The fourth-order valence-electron chi connectivity index (χ4n) is 2.46. The molecule has 0 bridgehead atoms. The van der Waals surface area contributed by atoms with Gasteiger partial charge >= 0.3 is 0 Å². The molecule has 19 heavy (non-hydrogen) atoms. The second-order valence-corrected chi connectivity index (χ2v) is 6.94. The van der Waals surface area contributed by atoms with Gasteiger partial charge in [-0.1, -0.05) is 0 Å². The van der Waals surface area contributed by atoms with E-state index in [1.165, 1.54) is 6.33 Å². The molecule has 0 spiro atoms. The standard InChI is InChI=1S/C10H17N5O3S/c16-19(17,9-1-6-18-7-9)15-4-2-14(3-5-15)10-11-8-12-13-10/h8-9H,1-7H2,(H,11,12,13). The molecule has 2 fully saturated rings. The van der Waals surface area contributed by atoms with Crippen LogP contribution >= 0.6 is 0 Å². The number of rotatable bonds is 3. The quantitative estimate of drug-likeness (QED) is 0.770. The van der Waals surface area contributed by atoms with Crippen LogP contribution in [0.4, 0.5) is 5.95 Å². The van der Waals surface area contributed by atoms with Crippen LogP contribution in [-0.4, -0.2) is 72.5 Å². The van der Waals surface area contributed by atoms with Gasteiger partial charge in [-0.3, -0.25) is 0 Å². The Morgan fingerprint density at radius 2 is 2.11 bits per heavy atom. The van der Waals surface area contributed by atoms with Crippen LogP contribution in [-0.2, 0) is 14.8 Å². The number of hydrogen-bond acceptors (Lipinski definition) is 6. The Labute approximate surface area is 111 Å². The molecule has 3 heterocycles. The number of ether oxygens (including phenoxy) is 1. The highest BCUT2D eigenvalue weighted by Crippen LogP contribution is 2.20. The molecule has 1 atom stereocenters. The Hall–Kier alpha value is -1.19. The van der Waals surface area contributed by atoms with Gasteiger partial charge in [0, 0.05) is 32.8 Å². The fourth-order valence-corrected chi connectivity index (χ4v) is 4.22. The van der Waals surface area contributed by atoms with Crippen molar-refractivity contribution in [3.63, 3.8) is 0 Å². The van der Waals surface area contributed by atoms with Crippen LogP contribution in [0.25, 0.3) is 0 Å². The predicted molar refractivity (Wildman–Crippen MR) is 68.3 cm³/mol. The van der Waals surface area contributed by atoms with Crippen molar-refractivity contribution in [2.24, 2.45) is 0 Å². The van der Waals surface area contributed by atoms with Crippen LogP contribution < -0.4 is 4.90 Å². The minimum absolute atomic E-state index is 0.324. The highest BCUT2D eigenvalue weighted by Gasteiger charge is 2.36. The zero-order valence-electron chi connectivity index (χ0n) is 10.5. The van der Waals surface area contributed by atoms with Gasteiger partial charge in [0.05, 0.1) is 6.61 Å². The van der Waals surface area contributed by atoms with Gasteiger partial charge in [0.15, 0.2) is 0 Å². The van der Waals surface area contributed by atoms with Crippen LogP contribution in [0, 0.1) is 0 Å². The van der Waals surface area contributed by atoms with Gasteiger partial charge in [0.2, 0.25) is 16.0 Å². The van der Waals surface area contributed by atoms with Crippen molar-refractivity contribution >= 4 is 16.0 Å². The summed E-state index contributed by atoms with van der Waals surface area (Å²) in [5, 5.41) is 6.22. The number of piperazine rings is 1. The molecular formula is C10H17N5O3S. The summed E-state index contributed by atoms with van der Waals surface area (Å²) in [6.45, 7) is 3.09. The van der Waals surface area contributed by atoms with Gasteiger partial charge in [0.25, 0.3) is 0 Å². The lowest BCUT2D eigenvalue weighted by Gasteiger charge is -2.34. The summed E-state index contributed by atoms with van der Waals surface area (Å²) in [7, 11) is -3.22. The SMILES string of the molecule is O=S(=O)(C1CCOC1)N1CCN(c2ncn[nH]2)CC1. The third-order valence-electron chi connectivity index (χ3n) is 3.61. The summed E-state index contributed by atoms with van der Waals surface area (Å²) in [4.78, 5) is 6.08. The summed E-state index contributed by atoms with van der Waals surface area (Å²) in [6.07, 6.45) is 2.05. The molecule has 0 aliphatic carbocycles. The molecule has 8 nitrogen and oxygen atoms in total. The number of hydrogen-bond donors (Lipinski definition) is 1. The van der Waals surface area contributed by atoms with E-state index in [4.69, 9.17) is 4.74 Å². The van der Waals surface area contributed by atoms with E-state index in [-0.39, 0.29) is 5.25 Å². The van der Waals surface area contributed by atoms with E-state index in [0.717, 1.165) is 0 Å². The highest BCUT2D eigenvalue weighted by molar-refractivity contribution is 7.89. The third kappa shape index (κ3) is 2.45. The average molecular weight is 287 g/mol. The Balaban J connectivity index is 1.63. The van der Waals surface area contributed by atoms with Gasteiger partial charge in [-0.05, 0) is 6.42 Å². The molecule has 0 aromatic carbocycles. The van der Waals surface area contributed by atoms with Crippen LogP contribution in [0.5, 0.6) is 0 Å². The fraction of sp³-hybridized carbons (Fsp3) is 0.800. The van der Waals surface area contributed by atoms with E-state index in [1.54, 1.807) is 4.31 Å². The minimum Gasteiger partial charge on any atom is -0.380 e. The minimum atomic E-state index is -3.22. The number of nitrogens with zero attached hydrogens (tertiary/aromatic N) is 4. The van der Waals surface area contributed by atoms with Gasteiger partial charge in [-0.2, -0.15) is 14.4 Å². The van der Waals surface area contributed by atoms with E-state index in [9.17, 15) is 8.42 Å². The van der Waals surface area contributed by atoms with Gasteiger partial charge in [-0.15, -0.1) is 0 Å². The molecule has 2 aliphatic heterocycles. The van der Waals surface area contributed by atoms with Gasteiger partial charge < -0.3 is 9.64 Å². The number of aromatic amines is 1. The van der Waals surface area contributed by atoms with Crippen molar-refractivity contribution in [1.29, 1.82) is 0 Å². The zero-order valence-corrected chi connectivity index (χ0v) is 11.3. The predicted octanol–water partition coefficient (Wildman–Crippen LogP) is -0.955. The van der Waals surface area contributed by atoms with E-state index >= 15 is 0 Å². The summed E-state index contributed by atoms with van der Waals surface area (Å²) >= 11 is 0. The monoisotopic (exact) mass is 287 g/mol. The largest absolute Gasteiger partial charge is 0.380 e. The summed E-state index contributed by atoms with van der Waals surface area (Å²) in [5.41, 5.74) is 0. The van der Waals surface area contributed by atoms with Gasteiger partial charge in [0.1, 0.15) is 11.6 Å². The van der Waals surface area contributed by atoms with Crippen molar-refractivity contribution in [3.8, 4) is 0 Å². The van der Waals surface area contributed by atoms with E-state index < -0.39 is 10.0 Å². The maximum atomic E-state index is 12.4. The van der Waals surface area contributed by atoms with E-state index in [0.29, 0.717) is 51.8 Å². The lowest BCUT2D eigenvalue weighted by atomic mass is 10.4. The molecular weight excluding hydrogens is 270 g/mol. The molecule has 1 aromatic heterocycles. The summed E-state index contributed by atoms with van der Waals surface area (Å²) < 4.78 is 31.5. The first kappa shape index (κ1) is 12.8. The lowest BCUT2D eigenvalue weighted by molar-refractivity contribution is 0.197. The molecule has 0 saturated carbocycles. The van der Waals surface area contributed by atoms with Crippen LogP contribution in [0.2, 0.25) is 0 Å². The molecule has 1 N–H and O–H groups in total. The molecule has 9 heteroatoms. The number of sulfonamides is 1. The number of H-pyrrole nitrogens is 1. The molecule has 0 amide bonds. The zero-order chi connectivity index (χ0) is 13.3. The van der Waals surface area contributed by atoms with Crippen LogP contribution in [0.15, 0.2) is 6.33 Å². The Morgan fingerprint density at radius 3 is 2.68 bits per heavy atom. The van der Waals surface area contributed by atoms with Crippen molar-refractivity contribution < 1.29 is 13.2 Å². The average Bonchev–Trinajstić information content (AvgIpc) is 3.12. The first-order valence-electron chi connectivity index (χ1n) is 6.35. The van der Waals surface area contributed by atoms with Crippen molar-refractivity contribution in [1.82, 2.24) is 19.5 Å². The lowest BCUT2D eigenvalue weighted by Crippen LogP contribution is -2.51. The Morgan fingerprint density at radius 1 is 1.32 bits per heavy atom. The van der Waals surface area contributed by atoms with Crippen LogP contribution in [0.3, 0.4) is 0 Å². The second-order valence-electron chi connectivity index (χ2n) is 4.73. The normalized spacial score (nSPS) is 25.9. The number of anilines is 1. The Bertz CT molecular complexity index is 503. The van der Waals surface area contributed by atoms with Crippen molar-refractivity contribution in [3.05, 3.63) is 6.33 Å². The van der Waals surface area contributed by atoms with E-state index in [2.05, 4.69) is 15.2 Å². The first-order valence-corrected chi connectivity index (χ1v) is 7.85. The van der Waals surface area contributed by atoms with E-state index in [1.807, 2.05) is 4.90 Å². The number of aromatic nitrogens is 3. The van der Waals surface area contributed by atoms with Crippen molar-refractivity contribution in [2.75, 3.05) is 44.3 Å². The molecule has 1 unspecified atom stereocenters. The second kappa shape index (κ2) is 5.06. The molecule has 3 rings (SSSR count). The summed E-state index contributed by atoms with van der Waals surface area (Å²) in [5.74, 6) is 0.696. The smallest absolute Gasteiger partial charge is 0.221 e. The maximum absolute atomic E-state index is 12.4. The van der Waals surface area contributed by atoms with Crippen LogP contribution in [0.1, 0.15) is 6.42 Å². The van der Waals surface area contributed by atoms with Gasteiger partial charge in [-0.25, -0.2) is 13.5 Å². The Kier molecular flexibility index (Phi) is 3.42. The summed E-state index contributed by atoms with van der Waals surface area (Å²) in [6, 6.07) is 0. The molecule has 106 valence electrons. The third-order valence-corrected chi connectivity index (χ3v) is 5.91. The van der Waals surface area contributed by atoms with Crippen molar-refractivity contribution in [2.45, 2.75) is 11.7 Å². The molecule has 1 aromatic rings. The first-order chi connectivity index (χ1) is 9.18. The topological polar surface area (TPSA) is 91.4 Å².